The van der Waals surface area contributed by atoms with Crippen LogP contribution in [0.15, 0.2) is 48.7 Å². The molecular formula is C21H23N3O3. The lowest BCUT2D eigenvalue weighted by Gasteiger charge is -2.33. The molecule has 1 N–H and O–H groups in total. The van der Waals surface area contributed by atoms with Gasteiger partial charge in [-0.05, 0) is 25.0 Å². The Morgan fingerprint density at radius 2 is 1.89 bits per heavy atom. The average Bonchev–Trinajstić information content (AvgIpc) is 2.71. The van der Waals surface area contributed by atoms with Gasteiger partial charge in [-0.25, -0.2) is 4.98 Å². The summed E-state index contributed by atoms with van der Waals surface area (Å²) in [5.41, 5.74) is 0.759. The molecule has 2 amide bonds. The standard InChI is InChI=1S/C21H23N3O3/c25-18(23-16-10-5-2-6-11-16)14-24-20-17(12-7-13-22-20)27-19(21(24)26)15-8-3-1-4-9-15/h1,3-4,7-9,12-13,16,19H,2,5-6,10-11,14H2,(H,23,25). The first-order chi connectivity index (χ1) is 13.2. The molecule has 0 saturated heterocycles. The molecule has 0 radical (unpaired) electrons. The van der Waals surface area contributed by atoms with Gasteiger partial charge in [0.15, 0.2) is 11.6 Å². The van der Waals surface area contributed by atoms with E-state index in [1.807, 2.05) is 30.3 Å². The van der Waals surface area contributed by atoms with Crippen LogP contribution >= 0.6 is 0 Å². The van der Waals surface area contributed by atoms with Gasteiger partial charge in [0.05, 0.1) is 0 Å². The van der Waals surface area contributed by atoms with Crippen molar-refractivity contribution in [1.29, 1.82) is 0 Å². The Kier molecular flexibility index (Phi) is 5.05. The molecule has 2 heterocycles. The van der Waals surface area contributed by atoms with E-state index in [1.54, 1.807) is 18.3 Å². The largest absolute Gasteiger partial charge is 0.472 e. The molecule has 4 rings (SSSR count). The number of carbonyl (C=O) groups is 2. The van der Waals surface area contributed by atoms with E-state index in [-0.39, 0.29) is 24.4 Å². The van der Waals surface area contributed by atoms with Crippen LogP contribution in [-0.4, -0.2) is 29.4 Å². The van der Waals surface area contributed by atoms with Crippen LogP contribution in [0.5, 0.6) is 5.75 Å². The number of aromatic nitrogens is 1. The zero-order chi connectivity index (χ0) is 18.6. The molecule has 27 heavy (non-hydrogen) atoms. The number of carbonyl (C=O) groups excluding carboxylic acids is 2. The Balaban J connectivity index is 1.56. The Hall–Kier alpha value is -2.89. The quantitative estimate of drug-likeness (QED) is 0.904. The lowest BCUT2D eigenvalue weighted by Crippen LogP contribution is -2.48. The summed E-state index contributed by atoms with van der Waals surface area (Å²) >= 11 is 0. The van der Waals surface area contributed by atoms with E-state index in [0.717, 1.165) is 31.2 Å². The number of rotatable bonds is 4. The number of anilines is 1. The van der Waals surface area contributed by atoms with E-state index in [1.165, 1.54) is 11.3 Å². The molecule has 2 aliphatic rings. The number of pyridine rings is 1. The number of ether oxygens (including phenoxy) is 1. The third-order valence-electron chi connectivity index (χ3n) is 5.12. The summed E-state index contributed by atoms with van der Waals surface area (Å²) in [6.45, 7) is -0.0496. The number of fused-ring (bicyclic) bond motifs is 1. The van der Waals surface area contributed by atoms with Crippen LogP contribution in [0, 0.1) is 0 Å². The summed E-state index contributed by atoms with van der Waals surface area (Å²) in [4.78, 5) is 31.4. The van der Waals surface area contributed by atoms with E-state index >= 15 is 0 Å². The molecule has 1 unspecified atom stereocenters. The van der Waals surface area contributed by atoms with E-state index in [0.29, 0.717) is 11.6 Å². The molecule has 0 bridgehead atoms. The van der Waals surface area contributed by atoms with Gasteiger partial charge < -0.3 is 10.1 Å². The molecule has 6 nitrogen and oxygen atoms in total. The van der Waals surface area contributed by atoms with Crippen molar-refractivity contribution in [2.45, 2.75) is 44.2 Å². The van der Waals surface area contributed by atoms with Gasteiger partial charge in [-0.1, -0.05) is 49.6 Å². The van der Waals surface area contributed by atoms with E-state index in [2.05, 4.69) is 10.3 Å². The monoisotopic (exact) mass is 365 g/mol. The number of amides is 2. The zero-order valence-electron chi connectivity index (χ0n) is 15.1. The Morgan fingerprint density at radius 1 is 1.11 bits per heavy atom. The molecule has 6 heteroatoms. The fourth-order valence-electron chi connectivity index (χ4n) is 3.76. The van der Waals surface area contributed by atoms with Crippen LogP contribution in [-0.2, 0) is 9.59 Å². The van der Waals surface area contributed by atoms with Gasteiger partial charge in [0.25, 0.3) is 5.91 Å². The normalized spacial score (nSPS) is 19.9. The first kappa shape index (κ1) is 17.5. The van der Waals surface area contributed by atoms with Gasteiger partial charge in [0.2, 0.25) is 12.0 Å². The van der Waals surface area contributed by atoms with Gasteiger partial charge >= 0.3 is 0 Å². The Labute approximate surface area is 158 Å². The second-order valence-electron chi connectivity index (χ2n) is 7.06. The highest BCUT2D eigenvalue weighted by Crippen LogP contribution is 2.36. The van der Waals surface area contributed by atoms with Crippen molar-refractivity contribution in [3.8, 4) is 5.75 Å². The van der Waals surface area contributed by atoms with Gasteiger partial charge in [-0.15, -0.1) is 0 Å². The predicted molar refractivity (Wildman–Crippen MR) is 101 cm³/mol. The van der Waals surface area contributed by atoms with Crippen LogP contribution in [0.1, 0.15) is 43.8 Å². The summed E-state index contributed by atoms with van der Waals surface area (Å²) in [6, 6.07) is 13.1. The fourth-order valence-corrected chi connectivity index (χ4v) is 3.76. The second-order valence-corrected chi connectivity index (χ2v) is 7.06. The molecular weight excluding hydrogens is 342 g/mol. The predicted octanol–water partition coefficient (Wildman–Crippen LogP) is 3.00. The van der Waals surface area contributed by atoms with Crippen molar-refractivity contribution in [2.75, 3.05) is 11.4 Å². The van der Waals surface area contributed by atoms with Crippen molar-refractivity contribution in [1.82, 2.24) is 10.3 Å². The Morgan fingerprint density at radius 3 is 2.67 bits per heavy atom. The smallest absolute Gasteiger partial charge is 0.274 e. The summed E-state index contributed by atoms with van der Waals surface area (Å²) in [6.07, 6.45) is 6.35. The van der Waals surface area contributed by atoms with Crippen LogP contribution in [0.4, 0.5) is 5.82 Å². The number of hydrogen-bond donors (Lipinski definition) is 1. The van der Waals surface area contributed by atoms with E-state index in [4.69, 9.17) is 4.74 Å². The first-order valence-electron chi connectivity index (χ1n) is 9.50. The topological polar surface area (TPSA) is 71.5 Å². The van der Waals surface area contributed by atoms with Crippen molar-refractivity contribution < 1.29 is 14.3 Å². The highest BCUT2D eigenvalue weighted by molar-refractivity contribution is 6.03. The highest BCUT2D eigenvalue weighted by Gasteiger charge is 2.37. The minimum atomic E-state index is -0.773. The number of nitrogens with one attached hydrogen (secondary N) is 1. The van der Waals surface area contributed by atoms with Crippen molar-refractivity contribution in [3.05, 3.63) is 54.2 Å². The van der Waals surface area contributed by atoms with Gasteiger partial charge in [0, 0.05) is 17.8 Å². The maximum Gasteiger partial charge on any atom is 0.274 e. The summed E-state index contributed by atoms with van der Waals surface area (Å²) < 4.78 is 5.91. The Bertz CT molecular complexity index is 818. The van der Waals surface area contributed by atoms with E-state index in [9.17, 15) is 9.59 Å². The number of hydrogen-bond acceptors (Lipinski definition) is 4. The number of benzene rings is 1. The van der Waals surface area contributed by atoms with Crippen molar-refractivity contribution in [2.24, 2.45) is 0 Å². The molecule has 1 aliphatic heterocycles. The van der Waals surface area contributed by atoms with Crippen LogP contribution in [0.3, 0.4) is 0 Å². The van der Waals surface area contributed by atoms with Gasteiger partial charge in [-0.3, -0.25) is 14.5 Å². The molecule has 2 aromatic rings. The zero-order valence-corrected chi connectivity index (χ0v) is 15.1. The van der Waals surface area contributed by atoms with Crippen LogP contribution < -0.4 is 15.0 Å². The minimum Gasteiger partial charge on any atom is -0.472 e. The van der Waals surface area contributed by atoms with Gasteiger partial charge in [-0.2, -0.15) is 0 Å². The molecule has 140 valence electrons. The minimum absolute atomic E-state index is 0.0496. The summed E-state index contributed by atoms with van der Waals surface area (Å²) in [7, 11) is 0. The molecule has 1 atom stereocenters. The lowest BCUT2D eigenvalue weighted by molar-refractivity contribution is -0.129. The van der Waals surface area contributed by atoms with E-state index < -0.39 is 6.10 Å². The first-order valence-corrected chi connectivity index (χ1v) is 9.50. The van der Waals surface area contributed by atoms with Crippen molar-refractivity contribution in [3.63, 3.8) is 0 Å². The highest BCUT2D eigenvalue weighted by atomic mass is 16.5. The van der Waals surface area contributed by atoms with Gasteiger partial charge in [0.1, 0.15) is 6.54 Å². The van der Waals surface area contributed by atoms with Crippen LogP contribution in [0.25, 0.3) is 0 Å². The molecule has 0 spiro atoms. The molecule has 1 saturated carbocycles. The fraction of sp³-hybridized carbons (Fsp3) is 0.381. The number of nitrogens with zero attached hydrogens (tertiary/aromatic N) is 2. The summed E-state index contributed by atoms with van der Waals surface area (Å²) in [5.74, 6) is 0.483. The third-order valence-corrected chi connectivity index (χ3v) is 5.12. The molecule has 1 fully saturated rings. The molecule has 1 aromatic carbocycles. The average molecular weight is 365 g/mol. The molecule has 1 aromatic heterocycles. The maximum atomic E-state index is 13.1. The van der Waals surface area contributed by atoms with Crippen molar-refractivity contribution >= 4 is 17.6 Å². The molecule has 1 aliphatic carbocycles. The third kappa shape index (κ3) is 3.79. The SMILES string of the molecule is O=C(CN1C(=O)C(c2ccccc2)Oc2cccnc21)NC1CCCCC1. The van der Waals surface area contributed by atoms with Crippen LogP contribution in [0.2, 0.25) is 0 Å². The second kappa shape index (κ2) is 7.78. The lowest BCUT2D eigenvalue weighted by atomic mass is 9.95. The summed E-state index contributed by atoms with van der Waals surface area (Å²) in [5, 5.41) is 3.07. The maximum absolute atomic E-state index is 13.1.